The van der Waals surface area contributed by atoms with Crippen LogP contribution in [0.15, 0.2) is 24.3 Å². The third kappa shape index (κ3) is 4.00. The van der Waals surface area contributed by atoms with E-state index in [1.54, 1.807) is 0 Å². The summed E-state index contributed by atoms with van der Waals surface area (Å²) in [4.78, 5) is 12.0. The molecule has 2 rings (SSSR count). The Balaban J connectivity index is 1.83. The van der Waals surface area contributed by atoms with Gasteiger partial charge < -0.3 is 10.6 Å². The molecule has 0 bridgehead atoms. The summed E-state index contributed by atoms with van der Waals surface area (Å²) in [6.45, 7) is 2.52. The molecule has 0 aromatic heterocycles. The molecule has 1 saturated heterocycles. The van der Waals surface area contributed by atoms with Crippen molar-refractivity contribution in [2.75, 3.05) is 13.1 Å². The maximum atomic E-state index is 12.0. The van der Waals surface area contributed by atoms with Gasteiger partial charge in [0.1, 0.15) is 0 Å². The number of hydrogen-bond donors (Lipinski definition) is 2. The Labute approximate surface area is 113 Å². The van der Waals surface area contributed by atoms with Crippen LogP contribution < -0.4 is 10.6 Å². The molecule has 1 aromatic carbocycles. The predicted octanol–water partition coefficient (Wildman–Crippen LogP) is 2.35. The Morgan fingerprint density at radius 2 is 2.28 bits per heavy atom. The zero-order chi connectivity index (χ0) is 12.8. The van der Waals surface area contributed by atoms with Crippen LogP contribution in [-0.4, -0.2) is 19.0 Å². The summed E-state index contributed by atoms with van der Waals surface area (Å²) in [5, 5.41) is 7.02. The van der Waals surface area contributed by atoms with E-state index in [0.717, 1.165) is 37.9 Å². The zero-order valence-electron chi connectivity index (χ0n) is 10.4. The van der Waals surface area contributed by atoms with Crippen molar-refractivity contribution < 1.29 is 4.79 Å². The van der Waals surface area contributed by atoms with Crippen molar-refractivity contribution >= 4 is 17.5 Å². The second-order valence-electron chi connectivity index (χ2n) is 4.73. The second-order valence-corrected chi connectivity index (χ2v) is 5.16. The first-order valence-electron chi connectivity index (χ1n) is 6.48. The quantitative estimate of drug-likeness (QED) is 0.882. The molecule has 1 aromatic rings. The lowest BCUT2D eigenvalue weighted by molar-refractivity contribution is -0.125. The summed E-state index contributed by atoms with van der Waals surface area (Å²) in [5.41, 5.74) is 1.04. The van der Waals surface area contributed by atoms with Crippen molar-refractivity contribution in [3.05, 3.63) is 34.9 Å². The average molecular weight is 267 g/mol. The minimum atomic E-state index is 0.152. The van der Waals surface area contributed by atoms with E-state index in [4.69, 9.17) is 11.6 Å². The Kier molecular flexibility index (Phi) is 5.02. The molecule has 1 aliphatic rings. The Morgan fingerprint density at radius 3 is 3.11 bits per heavy atom. The lowest BCUT2D eigenvalue weighted by Gasteiger charge is -2.13. The first-order chi connectivity index (χ1) is 8.75. The SMILES string of the molecule is O=C(NCc1cccc(Cl)c1)C1CCCNCC1. The molecule has 1 fully saturated rings. The molecule has 18 heavy (non-hydrogen) atoms. The summed E-state index contributed by atoms with van der Waals surface area (Å²) < 4.78 is 0. The molecule has 0 radical (unpaired) electrons. The van der Waals surface area contributed by atoms with Crippen LogP contribution in [-0.2, 0) is 11.3 Å². The van der Waals surface area contributed by atoms with E-state index >= 15 is 0 Å². The van der Waals surface area contributed by atoms with E-state index in [2.05, 4.69) is 10.6 Å². The Hall–Kier alpha value is -1.06. The van der Waals surface area contributed by atoms with Gasteiger partial charge in [-0.05, 0) is 50.0 Å². The summed E-state index contributed by atoms with van der Waals surface area (Å²) in [6.07, 6.45) is 2.99. The molecular formula is C14H19ClN2O. The van der Waals surface area contributed by atoms with Crippen LogP contribution in [0.5, 0.6) is 0 Å². The number of hydrogen-bond acceptors (Lipinski definition) is 2. The van der Waals surface area contributed by atoms with Gasteiger partial charge in [0.2, 0.25) is 5.91 Å². The molecule has 1 amide bonds. The van der Waals surface area contributed by atoms with E-state index in [1.807, 2.05) is 24.3 Å². The van der Waals surface area contributed by atoms with Crippen molar-refractivity contribution in [2.24, 2.45) is 5.92 Å². The lowest BCUT2D eigenvalue weighted by Crippen LogP contribution is -2.30. The number of carbonyl (C=O) groups is 1. The molecule has 4 heteroatoms. The minimum Gasteiger partial charge on any atom is -0.352 e. The van der Waals surface area contributed by atoms with Crippen LogP contribution in [0.2, 0.25) is 5.02 Å². The van der Waals surface area contributed by atoms with E-state index in [-0.39, 0.29) is 11.8 Å². The van der Waals surface area contributed by atoms with Crippen molar-refractivity contribution in [3.8, 4) is 0 Å². The monoisotopic (exact) mass is 266 g/mol. The number of benzene rings is 1. The molecule has 1 aliphatic heterocycles. The molecule has 0 aliphatic carbocycles. The fourth-order valence-electron chi connectivity index (χ4n) is 2.26. The first-order valence-corrected chi connectivity index (χ1v) is 6.86. The number of nitrogens with one attached hydrogen (secondary N) is 2. The van der Waals surface area contributed by atoms with Crippen molar-refractivity contribution in [1.29, 1.82) is 0 Å². The molecule has 0 spiro atoms. The van der Waals surface area contributed by atoms with Gasteiger partial charge >= 0.3 is 0 Å². The number of amides is 1. The molecular weight excluding hydrogens is 248 g/mol. The fraction of sp³-hybridized carbons (Fsp3) is 0.500. The predicted molar refractivity (Wildman–Crippen MR) is 73.5 cm³/mol. The van der Waals surface area contributed by atoms with Gasteiger partial charge in [-0.2, -0.15) is 0 Å². The number of rotatable bonds is 3. The van der Waals surface area contributed by atoms with Gasteiger partial charge in [-0.15, -0.1) is 0 Å². The molecule has 2 N–H and O–H groups in total. The third-order valence-corrected chi connectivity index (χ3v) is 3.54. The normalized spacial score (nSPS) is 20.2. The van der Waals surface area contributed by atoms with E-state index < -0.39 is 0 Å². The zero-order valence-corrected chi connectivity index (χ0v) is 11.2. The average Bonchev–Trinajstić information content (AvgIpc) is 2.65. The highest BCUT2D eigenvalue weighted by molar-refractivity contribution is 6.30. The van der Waals surface area contributed by atoms with Gasteiger partial charge in [0.15, 0.2) is 0 Å². The number of halogens is 1. The molecule has 1 heterocycles. The smallest absolute Gasteiger partial charge is 0.223 e. The molecule has 1 unspecified atom stereocenters. The van der Waals surface area contributed by atoms with Crippen LogP contribution in [0.3, 0.4) is 0 Å². The lowest BCUT2D eigenvalue weighted by atomic mass is 10.00. The van der Waals surface area contributed by atoms with Gasteiger partial charge in [-0.25, -0.2) is 0 Å². The van der Waals surface area contributed by atoms with Crippen molar-refractivity contribution in [2.45, 2.75) is 25.8 Å². The van der Waals surface area contributed by atoms with Gasteiger partial charge in [-0.1, -0.05) is 23.7 Å². The molecule has 98 valence electrons. The largest absolute Gasteiger partial charge is 0.352 e. The van der Waals surface area contributed by atoms with Crippen LogP contribution in [0.25, 0.3) is 0 Å². The first kappa shape index (κ1) is 13.4. The molecule has 1 atom stereocenters. The molecule has 3 nitrogen and oxygen atoms in total. The maximum Gasteiger partial charge on any atom is 0.223 e. The summed E-state index contributed by atoms with van der Waals surface area (Å²) in [7, 11) is 0. The van der Waals surface area contributed by atoms with Crippen molar-refractivity contribution in [3.63, 3.8) is 0 Å². The minimum absolute atomic E-state index is 0.152. The van der Waals surface area contributed by atoms with Crippen LogP contribution in [0.1, 0.15) is 24.8 Å². The summed E-state index contributed by atoms with van der Waals surface area (Å²) in [6, 6.07) is 7.60. The highest BCUT2D eigenvalue weighted by Crippen LogP contribution is 2.14. The Bertz CT molecular complexity index is 401. The third-order valence-electron chi connectivity index (χ3n) is 3.30. The fourth-order valence-corrected chi connectivity index (χ4v) is 2.47. The number of carbonyl (C=O) groups excluding carboxylic acids is 1. The van der Waals surface area contributed by atoms with Crippen molar-refractivity contribution in [1.82, 2.24) is 10.6 Å². The van der Waals surface area contributed by atoms with E-state index in [0.29, 0.717) is 11.6 Å². The maximum absolute atomic E-state index is 12.0. The standard InChI is InChI=1S/C14H19ClN2O/c15-13-5-1-3-11(9-13)10-17-14(18)12-4-2-7-16-8-6-12/h1,3,5,9,12,16H,2,4,6-8,10H2,(H,17,18). The van der Waals surface area contributed by atoms with Gasteiger partial charge in [0.25, 0.3) is 0 Å². The highest BCUT2D eigenvalue weighted by Gasteiger charge is 2.19. The van der Waals surface area contributed by atoms with Gasteiger partial charge in [0.05, 0.1) is 0 Å². The van der Waals surface area contributed by atoms with Crippen LogP contribution >= 0.6 is 11.6 Å². The van der Waals surface area contributed by atoms with E-state index in [9.17, 15) is 4.79 Å². The van der Waals surface area contributed by atoms with Gasteiger partial charge in [-0.3, -0.25) is 4.79 Å². The summed E-state index contributed by atoms with van der Waals surface area (Å²) >= 11 is 5.91. The highest BCUT2D eigenvalue weighted by atomic mass is 35.5. The topological polar surface area (TPSA) is 41.1 Å². The van der Waals surface area contributed by atoms with Crippen LogP contribution in [0.4, 0.5) is 0 Å². The van der Waals surface area contributed by atoms with E-state index in [1.165, 1.54) is 0 Å². The van der Waals surface area contributed by atoms with Crippen LogP contribution in [0, 0.1) is 5.92 Å². The second kappa shape index (κ2) is 6.76. The summed E-state index contributed by atoms with van der Waals surface area (Å²) in [5.74, 6) is 0.317. The van der Waals surface area contributed by atoms with Gasteiger partial charge in [0, 0.05) is 17.5 Å². The molecule has 0 saturated carbocycles. The Morgan fingerprint density at radius 1 is 1.39 bits per heavy atom.